The Morgan fingerprint density at radius 3 is 2.71 bits per heavy atom. The van der Waals surface area contributed by atoms with Gasteiger partial charge in [0.05, 0.1) is 6.54 Å². The molecule has 130 valence electrons. The molecule has 1 saturated heterocycles. The number of halogens is 1. The van der Waals surface area contributed by atoms with Crippen molar-refractivity contribution in [2.24, 2.45) is 0 Å². The van der Waals surface area contributed by atoms with Crippen LogP contribution in [0.4, 0.5) is 4.79 Å². The van der Waals surface area contributed by atoms with E-state index in [9.17, 15) is 14.4 Å². The molecule has 1 aromatic heterocycles. The first kappa shape index (κ1) is 17.4. The molecule has 1 aromatic rings. The molecule has 0 bridgehead atoms. The average molecular weight is 414 g/mol. The predicted molar refractivity (Wildman–Crippen MR) is 94.6 cm³/mol. The second-order valence-corrected chi connectivity index (χ2v) is 8.22. The van der Waals surface area contributed by atoms with E-state index >= 15 is 0 Å². The molecule has 0 spiro atoms. The van der Waals surface area contributed by atoms with Crippen molar-refractivity contribution in [2.75, 3.05) is 20.1 Å². The maximum absolute atomic E-state index is 12.5. The van der Waals surface area contributed by atoms with Gasteiger partial charge in [0.15, 0.2) is 0 Å². The van der Waals surface area contributed by atoms with E-state index in [1.54, 1.807) is 28.2 Å². The van der Waals surface area contributed by atoms with Crippen LogP contribution in [-0.2, 0) is 16.1 Å². The van der Waals surface area contributed by atoms with Crippen molar-refractivity contribution >= 4 is 45.1 Å². The zero-order chi connectivity index (χ0) is 17.3. The van der Waals surface area contributed by atoms with Crippen LogP contribution >= 0.6 is 27.3 Å². The lowest BCUT2D eigenvalue weighted by Crippen LogP contribution is -2.43. The highest BCUT2D eigenvalue weighted by atomic mass is 79.9. The molecule has 1 aliphatic carbocycles. The number of likely N-dealkylation sites (N-methyl/N-ethyl adjacent to an activating group) is 1. The molecular formula is C16H20BrN3O3S. The summed E-state index contributed by atoms with van der Waals surface area (Å²) in [5.74, 6) is -0.498. The molecule has 2 fully saturated rings. The summed E-state index contributed by atoms with van der Waals surface area (Å²) in [6, 6.07) is 1.80. The van der Waals surface area contributed by atoms with Gasteiger partial charge in [-0.25, -0.2) is 4.79 Å². The number of thiophene rings is 1. The van der Waals surface area contributed by atoms with Gasteiger partial charge in [0.2, 0.25) is 5.91 Å². The topological polar surface area (TPSA) is 60.9 Å². The maximum atomic E-state index is 12.5. The molecule has 0 radical (unpaired) electrons. The minimum atomic E-state index is -0.312. The summed E-state index contributed by atoms with van der Waals surface area (Å²) in [6.45, 7) is 0.403. The molecule has 1 saturated carbocycles. The van der Waals surface area contributed by atoms with Gasteiger partial charge in [-0.3, -0.25) is 14.5 Å². The van der Waals surface area contributed by atoms with E-state index in [0.717, 1.165) is 39.9 Å². The first-order valence-electron chi connectivity index (χ1n) is 8.03. The lowest BCUT2D eigenvalue weighted by molar-refractivity contribution is -0.135. The van der Waals surface area contributed by atoms with Crippen LogP contribution < -0.4 is 0 Å². The molecule has 3 rings (SSSR count). The molecule has 4 amide bonds. The fourth-order valence-electron chi connectivity index (χ4n) is 3.23. The summed E-state index contributed by atoms with van der Waals surface area (Å²) in [6.07, 6.45) is 4.10. The van der Waals surface area contributed by atoms with E-state index < -0.39 is 0 Å². The highest BCUT2D eigenvalue weighted by Gasteiger charge is 2.41. The van der Waals surface area contributed by atoms with Gasteiger partial charge in [0.1, 0.15) is 13.1 Å². The van der Waals surface area contributed by atoms with Gasteiger partial charge in [-0.1, -0.05) is 12.8 Å². The number of imide groups is 1. The van der Waals surface area contributed by atoms with Crippen molar-refractivity contribution in [1.29, 1.82) is 0 Å². The number of carbonyl (C=O) groups is 3. The van der Waals surface area contributed by atoms with Crippen LogP contribution in [0, 0.1) is 0 Å². The van der Waals surface area contributed by atoms with Crippen molar-refractivity contribution in [2.45, 2.75) is 38.3 Å². The Labute approximate surface area is 153 Å². The van der Waals surface area contributed by atoms with Crippen LogP contribution in [0.5, 0.6) is 0 Å². The standard InChI is InChI=1S/C16H20BrN3O3S/c1-18(7-13-6-11(17)10-24-13)14(21)8-20-15(22)9-19(16(20)23)12-4-2-3-5-12/h6,10,12H,2-5,7-9H2,1H3. The number of urea groups is 1. The van der Waals surface area contributed by atoms with Crippen LogP contribution in [0.15, 0.2) is 15.9 Å². The van der Waals surface area contributed by atoms with E-state index in [4.69, 9.17) is 0 Å². The van der Waals surface area contributed by atoms with Gasteiger partial charge in [-0.2, -0.15) is 0 Å². The smallest absolute Gasteiger partial charge is 0.327 e. The fourth-order valence-corrected chi connectivity index (χ4v) is 4.74. The number of hydrogen-bond acceptors (Lipinski definition) is 4. The Morgan fingerprint density at radius 2 is 2.08 bits per heavy atom. The molecule has 0 N–H and O–H groups in total. The van der Waals surface area contributed by atoms with E-state index in [-0.39, 0.29) is 37.0 Å². The molecule has 8 heteroatoms. The van der Waals surface area contributed by atoms with Gasteiger partial charge < -0.3 is 9.80 Å². The lowest BCUT2D eigenvalue weighted by Gasteiger charge is -2.24. The molecule has 0 aromatic carbocycles. The third kappa shape index (κ3) is 3.64. The van der Waals surface area contributed by atoms with Crippen LogP contribution in [-0.4, -0.2) is 58.7 Å². The number of hydrogen-bond donors (Lipinski definition) is 0. The van der Waals surface area contributed by atoms with Gasteiger partial charge in [-0.05, 0) is 34.8 Å². The Bertz CT molecular complexity index is 657. The summed E-state index contributed by atoms with van der Waals surface area (Å²) in [4.78, 5) is 42.4. The zero-order valence-electron chi connectivity index (χ0n) is 13.5. The summed E-state index contributed by atoms with van der Waals surface area (Å²) in [5, 5.41) is 1.96. The fraction of sp³-hybridized carbons (Fsp3) is 0.562. The third-order valence-corrected chi connectivity index (χ3v) is 6.27. The quantitative estimate of drug-likeness (QED) is 0.697. The Kier molecular flexibility index (Phi) is 5.24. The first-order chi connectivity index (χ1) is 11.5. The van der Waals surface area contributed by atoms with Crippen LogP contribution in [0.1, 0.15) is 30.6 Å². The van der Waals surface area contributed by atoms with E-state index in [2.05, 4.69) is 15.9 Å². The van der Waals surface area contributed by atoms with Crippen molar-refractivity contribution in [1.82, 2.24) is 14.7 Å². The number of rotatable bonds is 5. The largest absolute Gasteiger partial charge is 0.339 e. The van der Waals surface area contributed by atoms with Gasteiger partial charge >= 0.3 is 6.03 Å². The number of carbonyl (C=O) groups excluding carboxylic acids is 3. The van der Waals surface area contributed by atoms with Crippen LogP contribution in [0.2, 0.25) is 0 Å². The normalized spacial score (nSPS) is 18.8. The molecular weight excluding hydrogens is 394 g/mol. The molecule has 6 nitrogen and oxygen atoms in total. The van der Waals surface area contributed by atoms with Crippen molar-refractivity contribution in [3.8, 4) is 0 Å². The molecule has 0 unspecified atom stereocenters. The van der Waals surface area contributed by atoms with Crippen LogP contribution in [0.3, 0.4) is 0 Å². The SMILES string of the molecule is CN(Cc1cc(Br)cs1)C(=O)CN1C(=O)CN(C2CCCC2)C1=O. The lowest BCUT2D eigenvalue weighted by atomic mass is 10.2. The summed E-state index contributed by atoms with van der Waals surface area (Å²) < 4.78 is 0.987. The van der Waals surface area contributed by atoms with Gasteiger partial charge in [0, 0.05) is 27.8 Å². The Hall–Kier alpha value is -1.41. The summed E-state index contributed by atoms with van der Waals surface area (Å²) in [5.41, 5.74) is 0. The summed E-state index contributed by atoms with van der Waals surface area (Å²) in [7, 11) is 1.69. The minimum Gasteiger partial charge on any atom is -0.339 e. The maximum Gasteiger partial charge on any atom is 0.327 e. The van der Waals surface area contributed by atoms with Crippen molar-refractivity contribution in [3.63, 3.8) is 0 Å². The minimum absolute atomic E-state index is 0.109. The Morgan fingerprint density at radius 1 is 1.38 bits per heavy atom. The number of amides is 4. The molecule has 2 heterocycles. The van der Waals surface area contributed by atoms with Crippen molar-refractivity contribution in [3.05, 3.63) is 20.8 Å². The summed E-state index contributed by atoms with van der Waals surface area (Å²) >= 11 is 4.95. The molecule has 1 aliphatic heterocycles. The molecule has 24 heavy (non-hydrogen) atoms. The zero-order valence-corrected chi connectivity index (χ0v) is 15.9. The van der Waals surface area contributed by atoms with E-state index in [1.807, 2.05) is 11.4 Å². The average Bonchev–Trinajstić information content (AvgIpc) is 3.25. The second-order valence-electron chi connectivity index (χ2n) is 6.31. The Balaban J connectivity index is 1.58. The molecule has 2 aliphatic rings. The molecule has 0 atom stereocenters. The predicted octanol–water partition coefficient (Wildman–Crippen LogP) is 2.68. The van der Waals surface area contributed by atoms with Crippen LogP contribution in [0.25, 0.3) is 0 Å². The highest BCUT2D eigenvalue weighted by Crippen LogP contribution is 2.27. The highest BCUT2D eigenvalue weighted by molar-refractivity contribution is 9.10. The van der Waals surface area contributed by atoms with E-state index in [1.165, 1.54) is 0 Å². The first-order valence-corrected chi connectivity index (χ1v) is 9.71. The second kappa shape index (κ2) is 7.23. The monoisotopic (exact) mass is 413 g/mol. The van der Waals surface area contributed by atoms with Gasteiger partial charge in [0.25, 0.3) is 5.91 Å². The van der Waals surface area contributed by atoms with Gasteiger partial charge in [-0.15, -0.1) is 11.3 Å². The third-order valence-electron chi connectivity index (χ3n) is 4.58. The number of nitrogens with zero attached hydrogens (tertiary/aromatic N) is 3. The van der Waals surface area contributed by atoms with Crippen molar-refractivity contribution < 1.29 is 14.4 Å². The van der Waals surface area contributed by atoms with E-state index in [0.29, 0.717) is 6.54 Å².